The molecule has 0 saturated heterocycles. The van der Waals surface area contributed by atoms with Crippen LogP contribution in [0.15, 0.2) is 22.7 Å². The molecule has 1 aromatic rings. The number of rotatable bonds is 4. The monoisotopic (exact) mass is 273 g/mol. The first-order valence-corrected chi connectivity index (χ1v) is 5.25. The molecule has 0 aliphatic rings. The zero-order chi connectivity index (χ0) is 11.4. The van der Waals surface area contributed by atoms with Crippen LogP contribution in [-0.4, -0.2) is 16.2 Å². The Bertz CT molecular complexity index is 368. The first kappa shape index (κ1) is 12.0. The molecule has 1 atom stereocenters. The van der Waals surface area contributed by atoms with Crippen molar-refractivity contribution in [3.63, 3.8) is 0 Å². The molecule has 0 bridgehead atoms. The van der Waals surface area contributed by atoms with Crippen molar-refractivity contribution in [1.82, 2.24) is 0 Å². The average Bonchev–Trinajstić information content (AvgIpc) is 2.18. The Balaban J connectivity index is 2.76. The van der Waals surface area contributed by atoms with Crippen LogP contribution in [0.2, 0.25) is 0 Å². The normalized spacial score (nSPS) is 12.4. The molecule has 4 N–H and O–H groups in total. The third kappa shape index (κ3) is 3.53. The highest BCUT2D eigenvalue weighted by Crippen LogP contribution is 2.27. The summed E-state index contributed by atoms with van der Waals surface area (Å²) in [4.78, 5) is 10.3. The highest BCUT2D eigenvalue weighted by atomic mass is 79.9. The number of nitrogens with two attached hydrogens (primary N) is 1. The lowest BCUT2D eigenvalue weighted by Gasteiger charge is -2.12. The largest absolute Gasteiger partial charge is 0.481 e. The summed E-state index contributed by atoms with van der Waals surface area (Å²) in [5.74, 6) is -0.928. The quantitative estimate of drug-likeness (QED) is 0.732. The summed E-state index contributed by atoms with van der Waals surface area (Å²) in [6, 6.07) is 5.13. The van der Waals surface area contributed by atoms with Crippen molar-refractivity contribution >= 4 is 27.6 Å². The second-order valence-corrected chi connectivity index (χ2v) is 4.14. The minimum atomic E-state index is -0.928. The highest BCUT2D eigenvalue weighted by molar-refractivity contribution is 9.10. The number of carboxylic acids is 1. The number of aliphatic hydroxyl groups is 1. The van der Waals surface area contributed by atoms with Gasteiger partial charge in [0.1, 0.15) is 0 Å². The van der Waals surface area contributed by atoms with E-state index in [9.17, 15) is 9.90 Å². The van der Waals surface area contributed by atoms with Crippen LogP contribution < -0.4 is 5.73 Å². The Morgan fingerprint density at radius 3 is 2.80 bits per heavy atom. The van der Waals surface area contributed by atoms with Crippen molar-refractivity contribution in [2.45, 2.75) is 18.9 Å². The number of carboxylic acid groups (broad SMARTS) is 1. The molecule has 0 radical (unpaired) electrons. The van der Waals surface area contributed by atoms with Crippen LogP contribution >= 0.6 is 15.9 Å². The third-order valence-electron chi connectivity index (χ3n) is 2.04. The SMILES string of the molecule is Nc1ccc(Br)cc1C(O)CCC(=O)O. The predicted molar refractivity (Wildman–Crippen MR) is 60.4 cm³/mol. The van der Waals surface area contributed by atoms with Gasteiger partial charge in [-0.2, -0.15) is 0 Å². The highest BCUT2D eigenvalue weighted by Gasteiger charge is 2.12. The Morgan fingerprint density at radius 2 is 2.20 bits per heavy atom. The van der Waals surface area contributed by atoms with Crippen LogP contribution in [0, 0.1) is 0 Å². The molecule has 0 saturated carbocycles. The van der Waals surface area contributed by atoms with E-state index in [2.05, 4.69) is 15.9 Å². The van der Waals surface area contributed by atoms with Gasteiger partial charge in [-0.3, -0.25) is 4.79 Å². The number of hydrogen-bond acceptors (Lipinski definition) is 3. The fourth-order valence-corrected chi connectivity index (χ4v) is 1.63. The molecule has 1 rings (SSSR count). The van der Waals surface area contributed by atoms with E-state index in [1.54, 1.807) is 18.2 Å². The van der Waals surface area contributed by atoms with Crippen LogP contribution in [0.3, 0.4) is 0 Å². The second kappa shape index (κ2) is 5.14. The van der Waals surface area contributed by atoms with Gasteiger partial charge in [-0.05, 0) is 24.6 Å². The van der Waals surface area contributed by atoms with Gasteiger partial charge >= 0.3 is 5.97 Å². The summed E-state index contributed by atoms with van der Waals surface area (Å²) in [5.41, 5.74) is 6.70. The van der Waals surface area contributed by atoms with Gasteiger partial charge in [-0.15, -0.1) is 0 Å². The molecular weight excluding hydrogens is 262 g/mol. The second-order valence-electron chi connectivity index (χ2n) is 3.22. The lowest BCUT2D eigenvalue weighted by molar-refractivity contribution is -0.137. The third-order valence-corrected chi connectivity index (χ3v) is 2.53. The molecule has 1 aromatic carbocycles. The minimum Gasteiger partial charge on any atom is -0.481 e. The average molecular weight is 274 g/mol. The van der Waals surface area contributed by atoms with Gasteiger partial charge in [0.05, 0.1) is 6.10 Å². The van der Waals surface area contributed by atoms with E-state index in [1.807, 2.05) is 0 Å². The lowest BCUT2D eigenvalue weighted by atomic mass is 10.0. The van der Waals surface area contributed by atoms with Crippen molar-refractivity contribution in [2.24, 2.45) is 0 Å². The first-order chi connectivity index (χ1) is 7.00. The van der Waals surface area contributed by atoms with Crippen molar-refractivity contribution in [3.8, 4) is 0 Å². The van der Waals surface area contributed by atoms with E-state index in [1.165, 1.54) is 0 Å². The Hall–Kier alpha value is -1.07. The fraction of sp³-hybridized carbons (Fsp3) is 0.300. The first-order valence-electron chi connectivity index (χ1n) is 4.45. The van der Waals surface area contributed by atoms with Crippen LogP contribution in [0.25, 0.3) is 0 Å². The summed E-state index contributed by atoms with van der Waals surface area (Å²) in [6.07, 6.45) is -0.748. The summed E-state index contributed by atoms with van der Waals surface area (Å²) in [5, 5.41) is 18.2. The number of anilines is 1. The number of hydrogen-bond donors (Lipinski definition) is 3. The van der Waals surface area contributed by atoms with Gasteiger partial charge in [0.2, 0.25) is 0 Å². The zero-order valence-corrected chi connectivity index (χ0v) is 9.57. The van der Waals surface area contributed by atoms with E-state index in [0.717, 1.165) is 4.47 Å². The van der Waals surface area contributed by atoms with Crippen LogP contribution in [0.5, 0.6) is 0 Å². The van der Waals surface area contributed by atoms with E-state index in [4.69, 9.17) is 10.8 Å². The Kier molecular flexibility index (Phi) is 4.11. The molecule has 0 spiro atoms. The Morgan fingerprint density at radius 1 is 1.53 bits per heavy atom. The predicted octanol–water partition coefficient (Wildman–Crippen LogP) is 1.93. The van der Waals surface area contributed by atoms with Gasteiger partial charge in [0.25, 0.3) is 0 Å². The van der Waals surface area contributed by atoms with Crippen molar-refractivity contribution in [1.29, 1.82) is 0 Å². The molecule has 5 heteroatoms. The number of aliphatic hydroxyl groups excluding tert-OH is 1. The molecule has 1 unspecified atom stereocenters. The molecular formula is C10H12BrNO3. The van der Waals surface area contributed by atoms with E-state index >= 15 is 0 Å². The van der Waals surface area contributed by atoms with Gasteiger partial charge in [-0.1, -0.05) is 15.9 Å². The molecule has 0 heterocycles. The number of nitrogen functional groups attached to an aromatic ring is 1. The standard InChI is InChI=1S/C10H12BrNO3/c11-6-1-2-8(12)7(5-6)9(13)3-4-10(14)15/h1-2,5,9,13H,3-4,12H2,(H,14,15). The maximum absolute atomic E-state index is 10.3. The molecule has 0 aliphatic carbocycles. The molecule has 0 fully saturated rings. The molecule has 4 nitrogen and oxygen atoms in total. The van der Waals surface area contributed by atoms with Crippen LogP contribution in [-0.2, 0) is 4.79 Å². The summed E-state index contributed by atoms with van der Waals surface area (Å²) in [6.45, 7) is 0. The molecule has 15 heavy (non-hydrogen) atoms. The van der Waals surface area contributed by atoms with Gasteiger partial charge < -0.3 is 15.9 Å². The fourth-order valence-electron chi connectivity index (χ4n) is 1.25. The van der Waals surface area contributed by atoms with Crippen LogP contribution in [0.1, 0.15) is 24.5 Å². The molecule has 82 valence electrons. The number of halogens is 1. The molecule has 0 amide bonds. The number of carbonyl (C=O) groups is 1. The van der Waals surface area contributed by atoms with Crippen molar-refractivity contribution < 1.29 is 15.0 Å². The summed E-state index contributed by atoms with van der Waals surface area (Å²) >= 11 is 3.26. The zero-order valence-electron chi connectivity index (χ0n) is 7.98. The van der Waals surface area contributed by atoms with E-state index < -0.39 is 12.1 Å². The smallest absolute Gasteiger partial charge is 0.303 e. The van der Waals surface area contributed by atoms with Crippen molar-refractivity contribution in [3.05, 3.63) is 28.2 Å². The Labute approximate surface area is 95.8 Å². The maximum atomic E-state index is 10.3. The summed E-state index contributed by atoms with van der Waals surface area (Å²) < 4.78 is 0.807. The van der Waals surface area contributed by atoms with Crippen LogP contribution in [0.4, 0.5) is 5.69 Å². The number of aliphatic carboxylic acids is 1. The minimum absolute atomic E-state index is 0.0763. The van der Waals surface area contributed by atoms with E-state index in [-0.39, 0.29) is 12.8 Å². The summed E-state index contributed by atoms with van der Waals surface area (Å²) in [7, 11) is 0. The molecule has 0 aromatic heterocycles. The van der Waals surface area contributed by atoms with Gasteiger partial charge in [0, 0.05) is 22.1 Å². The van der Waals surface area contributed by atoms with Gasteiger partial charge in [-0.25, -0.2) is 0 Å². The maximum Gasteiger partial charge on any atom is 0.303 e. The van der Waals surface area contributed by atoms with Crippen molar-refractivity contribution in [2.75, 3.05) is 5.73 Å². The number of benzene rings is 1. The van der Waals surface area contributed by atoms with Gasteiger partial charge in [0.15, 0.2) is 0 Å². The molecule has 0 aliphatic heterocycles. The lowest BCUT2D eigenvalue weighted by Crippen LogP contribution is -2.05. The topological polar surface area (TPSA) is 83.5 Å². The van der Waals surface area contributed by atoms with E-state index in [0.29, 0.717) is 11.3 Å².